The van der Waals surface area contributed by atoms with Crippen LogP contribution in [0, 0.1) is 29.6 Å². The number of aliphatic hydroxyl groups excluding tert-OH is 1. The maximum absolute atomic E-state index is 13.3. The monoisotopic (exact) mass is 518 g/mol. The molecule has 5 unspecified atom stereocenters. The van der Waals surface area contributed by atoms with E-state index in [-0.39, 0.29) is 55.8 Å². The van der Waals surface area contributed by atoms with E-state index in [2.05, 4.69) is 0 Å². The van der Waals surface area contributed by atoms with Crippen LogP contribution in [0.1, 0.15) is 38.5 Å². The molecule has 5 rings (SSSR count). The van der Waals surface area contributed by atoms with Gasteiger partial charge in [-0.25, -0.2) is 0 Å². The van der Waals surface area contributed by atoms with Crippen LogP contribution in [0.5, 0.6) is 0 Å². The SMILES string of the molecule is COC1=C(OC)C(OC)CC([C@@H]2C3C=C4OCOC4=CC3[C@](O)(CCCCCCO)C3COC(=O)C32)=C1. The summed E-state index contributed by atoms with van der Waals surface area (Å²) in [5.41, 5.74) is -0.142. The summed E-state index contributed by atoms with van der Waals surface area (Å²) in [6, 6.07) is 0. The average molecular weight is 519 g/mol. The molecule has 2 N–H and O–H groups in total. The van der Waals surface area contributed by atoms with Gasteiger partial charge in [0.05, 0.1) is 32.3 Å². The van der Waals surface area contributed by atoms with E-state index >= 15 is 0 Å². The number of unbranched alkanes of at least 4 members (excludes halogenated alkanes) is 3. The highest BCUT2D eigenvalue weighted by molar-refractivity contribution is 5.77. The van der Waals surface area contributed by atoms with Crippen molar-refractivity contribution in [1.29, 1.82) is 0 Å². The van der Waals surface area contributed by atoms with Gasteiger partial charge in [-0.2, -0.15) is 0 Å². The highest BCUT2D eigenvalue weighted by atomic mass is 16.7. The number of methoxy groups -OCH3 is 3. The summed E-state index contributed by atoms with van der Waals surface area (Å²) >= 11 is 0. The Hall–Kier alpha value is -2.49. The van der Waals surface area contributed by atoms with Gasteiger partial charge in [-0.15, -0.1) is 0 Å². The third kappa shape index (κ3) is 4.45. The first-order valence-corrected chi connectivity index (χ1v) is 13.2. The van der Waals surface area contributed by atoms with Crippen molar-refractivity contribution >= 4 is 5.97 Å². The molecule has 5 aliphatic rings. The number of hydrogen-bond donors (Lipinski definition) is 2. The number of cyclic esters (lactones) is 1. The van der Waals surface area contributed by atoms with Gasteiger partial charge in [0.15, 0.2) is 23.0 Å². The molecular weight excluding hydrogens is 480 g/mol. The lowest BCUT2D eigenvalue weighted by Gasteiger charge is -2.53. The summed E-state index contributed by atoms with van der Waals surface area (Å²) < 4.78 is 34.1. The van der Waals surface area contributed by atoms with Crippen molar-refractivity contribution in [2.75, 3.05) is 41.3 Å². The first kappa shape index (κ1) is 26.1. The van der Waals surface area contributed by atoms with Crippen LogP contribution in [0.15, 0.2) is 46.8 Å². The molecule has 0 bridgehead atoms. The van der Waals surface area contributed by atoms with Crippen molar-refractivity contribution in [3.05, 3.63) is 46.8 Å². The summed E-state index contributed by atoms with van der Waals surface area (Å²) in [4.78, 5) is 13.3. The van der Waals surface area contributed by atoms with Crippen LogP contribution in [0.2, 0.25) is 0 Å². The highest BCUT2D eigenvalue weighted by Crippen LogP contribution is 2.59. The number of rotatable bonds is 10. The molecule has 37 heavy (non-hydrogen) atoms. The largest absolute Gasteiger partial charge is 0.494 e. The Morgan fingerprint density at radius 3 is 2.46 bits per heavy atom. The number of hydrogen-bond acceptors (Lipinski definition) is 9. The van der Waals surface area contributed by atoms with Gasteiger partial charge < -0.3 is 38.6 Å². The van der Waals surface area contributed by atoms with Crippen LogP contribution >= 0.6 is 0 Å². The van der Waals surface area contributed by atoms with Crippen molar-refractivity contribution in [1.82, 2.24) is 0 Å². The van der Waals surface area contributed by atoms with Gasteiger partial charge in [0.1, 0.15) is 6.10 Å². The second kappa shape index (κ2) is 10.7. The second-order valence-electron chi connectivity index (χ2n) is 10.5. The third-order valence-corrected chi connectivity index (χ3v) is 8.80. The molecule has 0 radical (unpaired) electrons. The number of ether oxygens (including phenoxy) is 6. The van der Waals surface area contributed by atoms with E-state index in [9.17, 15) is 9.90 Å². The number of allylic oxidation sites excluding steroid dienone is 2. The molecule has 0 amide bonds. The van der Waals surface area contributed by atoms with Crippen LogP contribution in [-0.4, -0.2) is 69.2 Å². The van der Waals surface area contributed by atoms with Gasteiger partial charge in [0.2, 0.25) is 6.79 Å². The molecule has 0 aromatic rings. The lowest BCUT2D eigenvalue weighted by atomic mass is 9.51. The number of carbonyl (C=O) groups excluding carboxylic acids is 1. The standard InChI is InChI=1S/C28H38O9/c1-32-22-10-16(11-23(33-2)26(22)34-3)24-17-12-20-21(37-15-36-20)13-18(17)28(31,8-6-4-5-7-9-29)19-14-35-27(30)25(19)24/h10,12-13,17-19,23-25,29,31H,4-9,11,14-15H2,1-3H3/t17?,18?,19?,23?,24-,25?,28-/m1/s1. The summed E-state index contributed by atoms with van der Waals surface area (Å²) in [6.45, 7) is 0.490. The predicted molar refractivity (Wildman–Crippen MR) is 131 cm³/mol. The molecule has 204 valence electrons. The predicted octanol–water partition coefficient (Wildman–Crippen LogP) is 2.95. The van der Waals surface area contributed by atoms with Gasteiger partial charge in [-0.1, -0.05) is 24.8 Å². The fraction of sp³-hybridized carbons (Fsp3) is 0.679. The quantitative estimate of drug-likeness (QED) is 0.333. The van der Waals surface area contributed by atoms with Crippen molar-refractivity contribution in [2.24, 2.45) is 29.6 Å². The number of fused-ring (bicyclic) bond motifs is 3. The minimum absolute atomic E-state index is 0.137. The molecule has 1 saturated carbocycles. The fourth-order valence-corrected chi connectivity index (χ4v) is 7.07. The Kier molecular flexibility index (Phi) is 7.56. The van der Waals surface area contributed by atoms with Crippen molar-refractivity contribution in [3.63, 3.8) is 0 Å². The van der Waals surface area contributed by atoms with E-state index in [4.69, 9.17) is 33.5 Å². The Morgan fingerprint density at radius 1 is 1.00 bits per heavy atom. The number of aliphatic hydroxyl groups is 2. The fourth-order valence-electron chi connectivity index (χ4n) is 7.07. The maximum atomic E-state index is 13.3. The number of carbonyl (C=O) groups is 1. The van der Waals surface area contributed by atoms with Crippen molar-refractivity contribution < 1.29 is 43.4 Å². The normalized spacial score (nSPS) is 36.2. The van der Waals surface area contributed by atoms with Crippen molar-refractivity contribution in [2.45, 2.75) is 50.2 Å². The molecule has 9 heteroatoms. The van der Waals surface area contributed by atoms with Crippen molar-refractivity contribution in [3.8, 4) is 0 Å². The molecule has 0 spiro atoms. The summed E-state index contributed by atoms with van der Waals surface area (Å²) in [7, 11) is 4.82. The average Bonchev–Trinajstić information content (AvgIpc) is 3.54. The van der Waals surface area contributed by atoms with Crippen LogP contribution < -0.4 is 0 Å². The smallest absolute Gasteiger partial charge is 0.310 e. The zero-order valence-electron chi connectivity index (χ0n) is 21.8. The van der Waals surface area contributed by atoms with E-state index in [0.29, 0.717) is 35.9 Å². The summed E-state index contributed by atoms with van der Waals surface area (Å²) in [5.74, 6) is 0.600. The van der Waals surface area contributed by atoms with E-state index in [1.165, 1.54) is 0 Å². The lowest BCUT2D eigenvalue weighted by Crippen LogP contribution is -2.59. The first-order valence-electron chi connectivity index (χ1n) is 13.2. The maximum Gasteiger partial charge on any atom is 0.310 e. The van der Waals surface area contributed by atoms with Crippen LogP contribution in [0.3, 0.4) is 0 Å². The zero-order chi connectivity index (χ0) is 26.2. The Balaban J connectivity index is 1.56. The van der Waals surface area contributed by atoms with Gasteiger partial charge >= 0.3 is 5.97 Å². The Bertz CT molecular complexity index is 1010. The Labute approximate surface area is 217 Å². The van der Waals surface area contributed by atoms with E-state index < -0.39 is 11.5 Å². The molecule has 2 aliphatic heterocycles. The molecule has 3 aliphatic carbocycles. The molecule has 2 saturated heterocycles. The molecule has 9 nitrogen and oxygen atoms in total. The van der Waals surface area contributed by atoms with Gasteiger partial charge in [0.25, 0.3) is 0 Å². The summed E-state index contributed by atoms with van der Waals surface area (Å²) in [5, 5.41) is 21.5. The third-order valence-electron chi connectivity index (χ3n) is 8.80. The van der Waals surface area contributed by atoms with Gasteiger partial charge in [0, 0.05) is 37.9 Å². The summed E-state index contributed by atoms with van der Waals surface area (Å²) in [6.07, 6.45) is 10.0. The van der Waals surface area contributed by atoms with E-state index in [0.717, 1.165) is 31.3 Å². The lowest BCUT2D eigenvalue weighted by molar-refractivity contribution is -0.150. The highest BCUT2D eigenvalue weighted by Gasteiger charge is 2.64. The molecule has 0 aromatic carbocycles. The minimum atomic E-state index is -1.15. The minimum Gasteiger partial charge on any atom is -0.494 e. The zero-order valence-corrected chi connectivity index (χ0v) is 21.8. The molecule has 0 aromatic heterocycles. The topological polar surface area (TPSA) is 113 Å². The number of esters is 1. The molecular formula is C28H38O9. The molecule has 3 fully saturated rings. The second-order valence-corrected chi connectivity index (χ2v) is 10.5. The van der Waals surface area contributed by atoms with Gasteiger partial charge in [-0.3, -0.25) is 4.79 Å². The van der Waals surface area contributed by atoms with E-state index in [1.807, 2.05) is 18.2 Å². The Morgan fingerprint density at radius 2 is 1.76 bits per heavy atom. The van der Waals surface area contributed by atoms with Gasteiger partial charge in [-0.05, 0) is 37.0 Å². The van der Waals surface area contributed by atoms with Crippen LogP contribution in [0.4, 0.5) is 0 Å². The van der Waals surface area contributed by atoms with E-state index in [1.54, 1.807) is 21.3 Å². The molecule has 2 heterocycles. The first-order chi connectivity index (χ1) is 18.0. The van der Waals surface area contributed by atoms with Crippen LogP contribution in [-0.2, 0) is 33.2 Å². The van der Waals surface area contributed by atoms with Crippen LogP contribution in [0.25, 0.3) is 0 Å². The molecule has 7 atom stereocenters.